The largest absolute Gasteiger partial charge is 0.262 e. The fourth-order valence-corrected chi connectivity index (χ4v) is 2.88. The summed E-state index contributed by atoms with van der Waals surface area (Å²) in [5.41, 5.74) is 2.17. The lowest BCUT2D eigenvalue weighted by Gasteiger charge is -2.03. The number of nitrogens with one attached hydrogen (secondary N) is 1. The molecule has 18 heavy (non-hydrogen) atoms. The summed E-state index contributed by atoms with van der Waals surface area (Å²) in [6, 6.07) is 5.82. The average molecular weight is 262 g/mol. The summed E-state index contributed by atoms with van der Waals surface area (Å²) in [4.78, 5) is 4.64. The second-order valence-corrected chi connectivity index (χ2v) is 5.42. The zero-order chi connectivity index (χ0) is 12.5. The van der Waals surface area contributed by atoms with Crippen molar-refractivity contribution in [2.45, 2.75) is 38.5 Å². The van der Waals surface area contributed by atoms with E-state index in [1.54, 1.807) is 0 Å². The Morgan fingerprint density at radius 2 is 2.06 bits per heavy atom. The smallest absolute Gasteiger partial charge is 0.181 e. The molecule has 1 saturated carbocycles. The minimum atomic E-state index is 0.568. The van der Waals surface area contributed by atoms with Crippen molar-refractivity contribution in [3.05, 3.63) is 34.6 Å². The van der Waals surface area contributed by atoms with Gasteiger partial charge in [-0.2, -0.15) is 5.10 Å². The van der Waals surface area contributed by atoms with Crippen LogP contribution in [0.25, 0.3) is 11.4 Å². The number of nitrogens with zero attached hydrogens (tertiary/aromatic N) is 2. The normalized spacial score (nSPS) is 16.3. The Morgan fingerprint density at radius 3 is 2.78 bits per heavy atom. The number of halogens is 1. The maximum absolute atomic E-state index is 5.96. The van der Waals surface area contributed by atoms with Gasteiger partial charge in [0.1, 0.15) is 5.82 Å². The predicted molar refractivity (Wildman–Crippen MR) is 72.8 cm³/mol. The number of aromatic nitrogens is 3. The number of hydrogen-bond donors (Lipinski definition) is 1. The molecule has 1 N–H and O–H groups in total. The Labute approximate surface area is 112 Å². The Morgan fingerprint density at radius 1 is 1.28 bits per heavy atom. The summed E-state index contributed by atoms with van der Waals surface area (Å²) in [6.45, 7) is 2.03. The molecule has 0 unspecified atom stereocenters. The molecule has 0 atom stereocenters. The lowest BCUT2D eigenvalue weighted by molar-refractivity contribution is 0.672. The molecule has 0 amide bonds. The van der Waals surface area contributed by atoms with Crippen molar-refractivity contribution in [2.75, 3.05) is 0 Å². The first-order chi connectivity index (χ1) is 8.74. The van der Waals surface area contributed by atoms with Gasteiger partial charge in [-0.25, -0.2) is 4.98 Å². The maximum atomic E-state index is 5.96. The van der Waals surface area contributed by atoms with E-state index in [1.807, 2.05) is 25.1 Å². The molecule has 1 aliphatic rings. The van der Waals surface area contributed by atoms with E-state index >= 15 is 0 Å². The minimum absolute atomic E-state index is 0.568. The van der Waals surface area contributed by atoms with E-state index in [-0.39, 0.29) is 0 Å². The predicted octanol–water partition coefficient (Wildman–Crippen LogP) is 4.09. The van der Waals surface area contributed by atoms with E-state index in [4.69, 9.17) is 11.6 Å². The molecule has 3 nitrogen and oxygen atoms in total. The lowest BCUT2D eigenvalue weighted by Crippen LogP contribution is -1.94. The number of rotatable bonds is 2. The molecule has 0 saturated heterocycles. The Hall–Kier alpha value is -1.35. The SMILES string of the molecule is Cc1cc(Cl)ccc1-c1n[nH]c(C2CCCC2)n1. The van der Waals surface area contributed by atoms with Gasteiger partial charge >= 0.3 is 0 Å². The van der Waals surface area contributed by atoms with Gasteiger partial charge in [-0.3, -0.25) is 5.10 Å². The third-order valence-corrected chi connectivity index (χ3v) is 3.91. The van der Waals surface area contributed by atoms with Gasteiger partial charge in [-0.15, -0.1) is 0 Å². The van der Waals surface area contributed by atoms with E-state index in [2.05, 4.69) is 15.2 Å². The average Bonchev–Trinajstić information content (AvgIpc) is 2.99. The molecule has 1 aromatic heterocycles. The molecule has 2 aromatic rings. The van der Waals surface area contributed by atoms with Crippen molar-refractivity contribution in [2.24, 2.45) is 0 Å². The summed E-state index contributed by atoms with van der Waals surface area (Å²) >= 11 is 5.96. The molecule has 0 radical (unpaired) electrons. The second kappa shape index (κ2) is 4.73. The number of aromatic amines is 1. The topological polar surface area (TPSA) is 41.6 Å². The van der Waals surface area contributed by atoms with Crippen LogP contribution in [0.3, 0.4) is 0 Å². The zero-order valence-electron chi connectivity index (χ0n) is 10.4. The van der Waals surface area contributed by atoms with Crippen molar-refractivity contribution in [1.82, 2.24) is 15.2 Å². The molecule has 0 aliphatic heterocycles. The van der Waals surface area contributed by atoms with Crippen LogP contribution in [0, 0.1) is 6.92 Å². The first-order valence-corrected chi connectivity index (χ1v) is 6.80. The summed E-state index contributed by atoms with van der Waals surface area (Å²) in [5.74, 6) is 2.39. The first kappa shape index (κ1) is 11.7. The molecule has 4 heteroatoms. The van der Waals surface area contributed by atoms with Crippen molar-refractivity contribution in [3.8, 4) is 11.4 Å². The van der Waals surface area contributed by atoms with Crippen molar-refractivity contribution in [3.63, 3.8) is 0 Å². The van der Waals surface area contributed by atoms with E-state index in [0.29, 0.717) is 5.92 Å². The number of benzene rings is 1. The van der Waals surface area contributed by atoms with Crippen LogP contribution in [0.1, 0.15) is 43.0 Å². The van der Waals surface area contributed by atoms with Crippen LogP contribution in [0.4, 0.5) is 0 Å². The first-order valence-electron chi connectivity index (χ1n) is 6.43. The van der Waals surface area contributed by atoms with Gasteiger partial charge in [0.25, 0.3) is 0 Å². The van der Waals surface area contributed by atoms with Crippen LogP contribution in [0.5, 0.6) is 0 Å². The monoisotopic (exact) mass is 261 g/mol. The van der Waals surface area contributed by atoms with Crippen LogP contribution in [-0.4, -0.2) is 15.2 Å². The lowest BCUT2D eigenvalue weighted by atomic mass is 10.1. The maximum Gasteiger partial charge on any atom is 0.181 e. The fourth-order valence-electron chi connectivity index (χ4n) is 2.65. The van der Waals surface area contributed by atoms with E-state index < -0.39 is 0 Å². The molecule has 3 rings (SSSR count). The quantitative estimate of drug-likeness (QED) is 0.885. The molecule has 1 aliphatic carbocycles. The van der Waals surface area contributed by atoms with E-state index in [1.165, 1.54) is 25.7 Å². The molecule has 94 valence electrons. The van der Waals surface area contributed by atoms with Gasteiger partial charge in [0.15, 0.2) is 5.82 Å². The molecule has 1 aromatic carbocycles. The molecular formula is C14H16ClN3. The molecule has 0 bridgehead atoms. The third-order valence-electron chi connectivity index (χ3n) is 3.67. The summed E-state index contributed by atoms with van der Waals surface area (Å²) in [5, 5.41) is 8.19. The molecule has 1 fully saturated rings. The Bertz CT molecular complexity index is 556. The number of hydrogen-bond acceptors (Lipinski definition) is 2. The van der Waals surface area contributed by atoms with Crippen LogP contribution < -0.4 is 0 Å². The standard InChI is InChI=1S/C14H16ClN3/c1-9-8-11(15)6-7-12(9)14-16-13(17-18-14)10-4-2-3-5-10/h6-8,10H,2-5H2,1H3,(H,16,17,18). The summed E-state index contributed by atoms with van der Waals surface area (Å²) in [7, 11) is 0. The van der Waals surface area contributed by atoms with Gasteiger partial charge in [0, 0.05) is 16.5 Å². The zero-order valence-corrected chi connectivity index (χ0v) is 11.2. The van der Waals surface area contributed by atoms with Gasteiger partial charge in [-0.1, -0.05) is 24.4 Å². The van der Waals surface area contributed by atoms with Crippen molar-refractivity contribution < 1.29 is 0 Å². The second-order valence-electron chi connectivity index (χ2n) is 4.98. The summed E-state index contributed by atoms with van der Waals surface area (Å²) in [6.07, 6.45) is 5.07. The van der Waals surface area contributed by atoms with Crippen molar-refractivity contribution in [1.29, 1.82) is 0 Å². The van der Waals surface area contributed by atoms with Crippen molar-refractivity contribution >= 4 is 11.6 Å². The van der Waals surface area contributed by atoms with Crippen LogP contribution in [0.15, 0.2) is 18.2 Å². The van der Waals surface area contributed by atoms with E-state index in [9.17, 15) is 0 Å². The highest BCUT2D eigenvalue weighted by Gasteiger charge is 2.21. The van der Waals surface area contributed by atoms with Gasteiger partial charge in [0.2, 0.25) is 0 Å². The highest BCUT2D eigenvalue weighted by atomic mass is 35.5. The van der Waals surface area contributed by atoms with Gasteiger partial charge < -0.3 is 0 Å². The Kier molecular flexibility index (Phi) is 3.08. The van der Waals surface area contributed by atoms with Crippen LogP contribution in [-0.2, 0) is 0 Å². The van der Waals surface area contributed by atoms with Crippen LogP contribution >= 0.6 is 11.6 Å². The molecule has 1 heterocycles. The number of H-pyrrole nitrogens is 1. The van der Waals surface area contributed by atoms with Crippen LogP contribution in [0.2, 0.25) is 5.02 Å². The van der Waals surface area contributed by atoms with E-state index in [0.717, 1.165) is 27.8 Å². The highest BCUT2D eigenvalue weighted by molar-refractivity contribution is 6.30. The van der Waals surface area contributed by atoms with Gasteiger partial charge in [0.05, 0.1) is 0 Å². The minimum Gasteiger partial charge on any atom is -0.262 e. The highest BCUT2D eigenvalue weighted by Crippen LogP contribution is 2.33. The summed E-state index contributed by atoms with van der Waals surface area (Å²) < 4.78 is 0. The molecule has 0 spiro atoms. The fraction of sp³-hybridized carbons (Fsp3) is 0.429. The number of aryl methyl sites for hydroxylation is 1. The Balaban J connectivity index is 1.92. The van der Waals surface area contributed by atoms with Gasteiger partial charge in [-0.05, 0) is 43.5 Å². The molecular weight excluding hydrogens is 246 g/mol. The third kappa shape index (κ3) is 2.15.